The van der Waals surface area contributed by atoms with Crippen molar-refractivity contribution in [2.24, 2.45) is 5.92 Å². The van der Waals surface area contributed by atoms with Crippen LogP contribution in [0.1, 0.15) is 25.0 Å². The number of hydrogen-bond donors (Lipinski definition) is 1. The van der Waals surface area contributed by atoms with Crippen LogP contribution < -0.4 is 5.32 Å². The molecule has 1 heterocycles. The van der Waals surface area contributed by atoms with Gasteiger partial charge in [-0.05, 0) is 31.0 Å². The smallest absolute Gasteiger partial charge is 0.237 e. The minimum Gasteiger partial charge on any atom is -0.371 e. The summed E-state index contributed by atoms with van der Waals surface area (Å²) >= 11 is 0. The van der Waals surface area contributed by atoms with Gasteiger partial charge in [-0.15, -0.1) is 0 Å². The Morgan fingerprint density at radius 1 is 1.50 bits per heavy atom. The fourth-order valence-electron chi connectivity index (χ4n) is 2.12. The quantitative estimate of drug-likeness (QED) is 0.922. The molecule has 0 spiro atoms. The summed E-state index contributed by atoms with van der Waals surface area (Å²) in [5.74, 6) is -3.03. The average Bonchev–Trinajstić information content (AvgIpc) is 2.89. The first-order valence-electron chi connectivity index (χ1n) is 6.29. The molecule has 4 nitrogen and oxygen atoms in total. The Hall–Kier alpha value is -2.00. The van der Waals surface area contributed by atoms with Crippen LogP contribution in [0.2, 0.25) is 0 Å². The first kappa shape index (κ1) is 14.4. The lowest BCUT2D eigenvalue weighted by Crippen LogP contribution is -2.39. The van der Waals surface area contributed by atoms with Crippen molar-refractivity contribution in [2.75, 3.05) is 6.61 Å². The van der Waals surface area contributed by atoms with Crippen LogP contribution in [0.25, 0.3) is 0 Å². The standard InChI is InChI=1S/C14H14F2N2O2/c1-8(7-17)14(19)18-12-4-5-20-13(12)9-2-3-10(15)11(16)6-9/h2-3,6,8,12-13H,4-5H2,1H3,(H,18,19)/t8?,12-,13+/m1/s1. The van der Waals surface area contributed by atoms with Crippen LogP contribution in [-0.4, -0.2) is 18.6 Å². The Morgan fingerprint density at radius 3 is 2.90 bits per heavy atom. The van der Waals surface area contributed by atoms with Crippen molar-refractivity contribution in [3.63, 3.8) is 0 Å². The van der Waals surface area contributed by atoms with Crippen molar-refractivity contribution < 1.29 is 18.3 Å². The van der Waals surface area contributed by atoms with Crippen LogP contribution in [0.3, 0.4) is 0 Å². The molecule has 0 radical (unpaired) electrons. The van der Waals surface area contributed by atoms with Crippen molar-refractivity contribution in [1.82, 2.24) is 5.32 Å². The number of amides is 1. The number of halogens is 2. The highest BCUT2D eigenvalue weighted by atomic mass is 19.2. The molecular formula is C14H14F2N2O2. The molecule has 1 unspecified atom stereocenters. The zero-order chi connectivity index (χ0) is 14.7. The predicted molar refractivity (Wildman–Crippen MR) is 66.4 cm³/mol. The number of rotatable bonds is 3. The molecule has 1 aliphatic rings. The zero-order valence-corrected chi connectivity index (χ0v) is 10.9. The molecular weight excluding hydrogens is 266 g/mol. The molecule has 1 aromatic rings. The van der Waals surface area contributed by atoms with Crippen molar-refractivity contribution in [3.05, 3.63) is 35.4 Å². The predicted octanol–water partition coefficient (Wildman–Crippen LogP) is 2.07. The number of ether oxygens (including phenoxy) is 1. The number of carbonyl (C=O) groups is 1. The van der Waals surface area contributed by atoms with Gasteiger partial charge >= 0.3 is 0 Å². The van der Waals surface area contributed by atoms with Gasteiger partial charge in [0.1, 0.15) is 12.0 Å². The molecule has 1 aliphatic heterocycles. The highest BCUT2D eigenvalue weighted by Crippen LogP contribution is 2.30. The molecule has 1 aromatic carbocycles. The van der Waals surface area contributed by atoms with Crippen LogP contribution in [0.5, 0.6) is 0 Å². The third-order valence-electron chi connectivity index (χ3n) is 3.28. The lowest BCUT2D eigenvalue weighted by Gasteiger charge is -2.21. The van der Waals surface area contributed by atoms with E-state index < -0.39 is 29.6 Å². The number of hydrogen-bond acceptors (Lipinski definition) is 3. The Morgan fingerprint density at radius 2 is 2.25 bits per heavy atom. The van der Waals surface area contributed by atoms with Gasteiger partial charge in [0.05, 0.1) is 12.1 Å². The van der Waals surface area contributed by atoms with E-state index in [2.05, 4.69) is 5.32 Å². The lowest BCUT2D eigenvalue weighted by molar-refractivity contribution is -0.124. The Kier molecular flexibility index (Phi) is 4.30. The van der Waals surface area contributed by atoms with E-state index in [1.807, 2.05) is 6.07 Å². The summed E-state index contributed by atoms with van der Waals surface area (Å²) < 4.78 is 31.6. The number of nitriles is 1. The Bertz CT molecular complexity index is 557. The second-order valence-corrected chi connectivity index (χ2v) is 4.72. The lowest BCUT2D eigenvalue weighted by atomic mass is 10.0. The van der Waals surface area contributed by atoms with Gasteiger partial charge in [0.15, 0.2) is 11.6 Å². The Balaban J connectivity index is 2.13. The molecule has 1 fully saturated rings. The van der Waals surface area contributed by atoms with E-state index in [1.54, 1.807) is 0 Å². The van der Waals surface area contributed by atoms with Crippen LogP contribution in [-0.2, 0) is 9.53 Å². The van der Waals surface area contributed by atoms with Crippen LogP contribution in [0.15, 0.2) is 18.2 Å². The van der Waals surface area contributed by atoms with Crippen molar-refractivity contribution >= 4 is 5.91 Å². The largest absolute Gasteiger partial charge is 0.371 e. The summed E-state index contributed by atoms with van der Waals surface area (Å²) in [6.45, 7) is 1.91. The maximum atomic E-state index is 13.2. The topological polar surface area (TPSA) is 62.1 Å². The van der Waals surface area contributed by atoms with Gasteiger partial charge in [0, 0.05) is 6.61 Å². The van der Waals surface area contributed by atoms with E-state index in [1.165, 1.54) is 13.0 Å². The molecule has 0 aliphatic carbocycles. The van der Waals surface area contributed by atoms with Crippen LogP contribution in [0.4, 0.5) is 8.78 Å². The fourth-order valence-corrected chi connectivity index (χ4v) is 2.12. The van der Waals surface area contributed by atoms with Gasteiger partial charge in [0.25, 0.3) is 0 Å². The summed E-state index contributed by atoms with van der Waals surface area (Å²) in [5, 5.41) is 11.4. The van der Waals surface area contributed by atoms with Crippen molar-refractivity contribution in [2.45, 2.75) is 25.5 Å². The molecule has 1 N–H and O–H groups in total. The third-order valence-corrected chi connectivity index (χ3v) is 3.28. The molecule has 2 rings (SSSR count). The van der Waals surface area contributed by atoms with Crippen molar-refractivity contribution in [3.8, 4) is 6.07 Å². The van der Waals surface area contributed by atoms with Gasteiger partial charge in [-0.1, -0.05) is 6.07 Å². The van der Waals surface area contributed by atoms with Gasteiger partial charge in [0.2, 0.25) is 5.91 Å². The van der Waals surface area contributed by atoms with Gasteiger partial charge in [-0.25, -0.2) is 8.78 Å². The Labute approximate surface area is 115 Å². The van der Waals surface area contributed by atoms with Gasteiger partial charge < -0.3 is 10.1 Å². The summed E-state index contributed by atoms with van der Waals surface area (Å²) in [4.78, 5) is 11.7. The molecule has 1 amide bonds. The first-order valence-corrected chi connectivity index (χ1v) is 6.29. The van der Waals surface area contributed by atoms with E-state index in [0.717, 1.165) is 12.1 Å². The summed E-state index contributed by atoms with van der Waals surface area (Å²) in [5.41, 5.74) is 0.469. The SMILES string of the molecule is CC(C#N)C(=O)N[C@@H]1CCO[C@H]1c1ccc(F)c(F)c1. The maximum Gasteiger partial charge on any atom is 0.237 e. The van der Waals surface area contributed by atoms with Gasteiger partial charge in [-0.2, -0.15) is 5.26 Å². The normalized spacial score (nSPS) is 23.1. The second-order valence-electron chi connectivity index (χ2n) is 4.72. The van der Waals surface area contributed by atoms with Crippen LogP contribution in [0, 0.1) is 28.9 Å². The molecule has 1 saturated heterocycles. The summed E-state index contributed by atoms with van der Waals surface area (Å²) in [6, 6.07) is 5.03. The second kappa shape index (κ2) is 5.97. The molecule has 0 aromatic heterocycles. The highest BCUT2D eigenvalue weighted by molar-refractivity contribution is 5.81. The molecule has 6 heteroatoms. The summed E-state index contributed by atoms with van der Waals surface area (Å²) in [6.07, 6.45) is 0.0352. The molecule has 3 atom stereocenters. The van der Waals surface area contributed by atoms with Crippen molar-refractivity contribution in [1.29, 1.82) is 5.26 Å². The summed E-state index contributed by atoms with van der Waals surface area (Å²) in [7, 11) is 0. The number of nitrogens with one attached hydrogen (secondary N) is 1. The number of benzene rings is 1. The van der Waals surface area contributed by atoms with Gasteiger partial charge in [-0.3, -0.25) is 4.79 Å². The third kappa shape index (κ3) is 2.94. The monoisotopic (exact) mass is 280 g/mol. The van der Waals surface area contributed by atoms with E-state index >= 15 is 0 Å². The highest BCUT2D eigenvalue weighted by Gasteiger charge is 2.32. The van der Waals surface area contributed by atoms with E-state index in [9.17, 15) is 13.6 Å². The first-order chi connectivity index (χ1) is 9.52. The van der Waals surface area contributed by atoms with Crippen LogP contribution >= 0.6 is 0 Å². The molecule has 0 saturated carbocycles. The minimum atomic E-state index is -0.950. The average molecular weight is 280 g/mol. The van der Waals surface area contributed by atoms with E-state index in [-0.39, 0.29) is 6.04 Å². The molecule has 106 valence electrons. The minimum absolute atomic E-state index is 0.344. The maximum absolute atomic E-state index is 13.2. The molecule has 20 heavy (non-hydrogen) atoms. The van der Waals surface area contributed by atoms with E-state index in [0.29, 0.717) is 18.6 Å². The molecule has 0 bridgehead atoms. The number of nitrogens with zero attached hydrogens (tertiary/aromatic N) is 1. The zero-order valence-electron chi connectivity index (χ0n) is 10.9. The number of carbonyl (C=O) groups excluding carboxylic acids is 1. The van der Waals surface area contributed by atoms with E-state index in [4.69, 9.17) is 10.00 Å². The fraction of sp³-hybridized carbons (Fsp3) is 0.429.